The van der Waals surface area contributed by atoms with Gasteiger partial charge in [0.1, 0.15) is 11.9 Å². The van der Waals surface area contributed by atoms with Crippen molar-refractivity contribution >= 4 is 23.4 Å². The molecule has 2 N–H and O–H groups in total. The number of urea groups is 1. The molecule has 3 rings (SSSR count). The summed E-state index contributed by atoms with van der Waals surface area (Å²) in [5.41, 5.74) is 1.40. The molecule has 2 atom stereocenters. The van der Waals surface area contributed by atoms with E-state index in [1.807, 2.05) is 6.07 Å². The van der Waals surface area contributed by atoms with Crippen LogP contribution < -0.4 is 20.3 Å². The highest BCUT2D eigenvalue weighted by Crippen LogP contribution is 2.29. The largest absolute Gasteiger partial charge is 0.481 e. The van der Waals surface area contributed by atoms with E-state index in [-0.39, 0.29) is 24.1 Å². The van der Waals surface area contributed by atoms with Crippen LogP contribution in [0.5, 0.6) is 5.88 Å². The van der Waals surface area contributed by atoms with Crippen molar-refractivity contribution in [1.29, 1.82) is 0 Å². The normalized spacial score (nSPS) is 18.4. The van der Waals surface area contributed by atoms with E-state index in [0.29, 0.717) is 30.4 Å². The predicted octanol–water partition coefficient (Wildman–Crippen LogP) is 2.12. The number of aromatic nitrogens is 2. The Morgan fingerprint density at radius 1 is 1.21 bits per heavy atom. The minimum atomic E-state index is -0.351. The smallest absolute Gasteiger partial charge is 0.319 e. The van der Waals surface area contributed by atoms with Crippen molar-refractivity contribution < 1.29 is 19.1 Å². The Morgan fingerprint density at radius 2 is 2.04 bits per heavy atom. The second-order valence-electron chi connectivity index (χ2n) is 6.40. The predicted molar refractivity (Wildman–Crippen MR) is 103 cm³/mol. The van der Waals surface area contributed by atoms with Gasteiger partial charge in [0.2, 0.25) is 11.8 Å². The molecule has 0 radical (unpaired) electrons. The number of hydrogen-bond donors (Lipinski definition) is 2. The van der Waals surface area contributed by atoms with Gasteiger partial charge in [-0.05, 0) is 24.6 Å². The van der Waals surface area contributed by atoms with Crippen molar-refractivity contribution in [2.75, 3.05) is 31.0 Å². The Labute approximate surface area is 163 Å². The number of anilines is 2. The first-order valence-electron chi connectivity index (χ1n) is 8.87. The number of ether oxygens (including phenoxy) is 2. The van der Waals surface area contributed by atoms with Crippen LogP contribution in [0.15, 0.2) is 36.7 Å². The van der Waals surface area contributed by atoms with Crippen LogP contribution in [-0.2, 0) is 9.53 Å². The van der Waals surface area contributed by atoms with Crippen LogP contribution in [0.25, 0.3) is 0 Å². The van der Waals surface area contributed by atoms with E-state index < -0.39 is 0 Å². The molecule has 9 nitrogen and oxygen atoms in total. The number of carbonyl (C=O) groups is 2. The van der Waals surface area contributed by atoms with E-state index in [0.717, 1.165) is 5.56 Å². The Morgan fingerprint density at radius 3 is 2.64 bits per heavy atom. The number of nitrogens with zero attached hydrogens (tertiary/aromatic N) is 3. The molecule has 2 aromatic rings. The SMILES string of the molecule is COc1ccc([C@@H]2OCC[C@H]2NC(=O)Nc2ccc(N(C)C(C)=O)nc2)cn1. The maximum Gasteiger partial charge on any atom is 0.319 e. The molecule has 1 aliphatic rings. The summed E-state index contributed by atoms with van der Waals surface area (Å²) >= 11 is 0. The van der Waals surface area contributed by atoms with Crippen LogP contribution >= 0.6 is 0 Å². The number of methoxy groups -OCH3 is 1. The van der Waals surface area contributed by atoms with Crippen LogP contribution in [-0.4, -0.2) is 48.7 Å². The first-order chi connectivity index (χ1) is 13.5. The zero-order chi connectivity index (χ0) is 20.1. The number of hydrogen-bond acceptors (Lipinski definition) is 6. The van der Waals surface area contributed by atoms with Crippen molar-refractivity contribution in [3.8, 4) is 5.88 Å². The fourth-order valence-electron chi connectivity index (χ4n) is 2.90. The maximum absolute atomic E-state index is 12.4. The standard InChI is InChI=1S/C19H23N5O4/c1-12(25)24(2)16-6-5-14(11-20-16)22-19(26)23-15-8-9-28-18(15)13-4-7-17(27-3)21-10-13/h4-7,10-11,15,18H,8-9H2,1-3H3,(H2,22,23,26)/t15-,18+/m1/s1. The Bertz CT molecular complexity index is 825. The molecule has 1 saturated heterocycles. The van der Waals surface area contributed by atoms with Gasteiger partial charge in [0.15, 0.2) is 0 Å². The van der Waals surface area contributed by atoms with Gasteiger partial charge in [-0.2, -0.15) is 0 Å². The summed E-state index contributed by atoms with van der Waals surface area (Å²) in [5, 5.41) is 5.68. The lowest BCUT2D eigenvalue weighted by Crippen LogP contribution is -2.39. The molecule has 3 heterocycles. The molecule has 3 amide bonds. The van der Waals surface area contributed by atoms with Gasteiger partial charge in [-0.3, -0.25) is 4.79 Å². The zero-order valence-corrected chi connectivity index (χ0v) is 16.0. The van der Waals surface area contributed by atoms with E-state index in [1.54, 1.807) is 38.6 Å². The second-order valence-corrected chi connectivity index (χ2v) is 6.40. The molecule has 0 spiro atoms. The summed E-state index contributed by atoms with van der Waals surface area (Å²) in [6, 6.07) is 6.48. The maximum atomic E-state index is 12.4. The second kappa shape index (κ2) is 8.66. The summed E-state index contributed by atoms with van der Waals surface area (Å²) in [6.07, 6.45) is 3.62. The van der Waals surface area contributed by atoms with Crippen LogP contribution in [0, 0.1) is 0 Å². The Balaban J connectivity index is 1.59. The summed E-state index contributed by atoms with van der Waals surface area (Å²) in [7, 11) is 3.20. The van der Waals surface area contributed by atoms with Crippen molar-refractivity contribution in [2.45, 2.75) is 25.5 Å². The van der Waals surface area contributed by atoms with Gasteiger partial charge in [-0.1, -0.05) is 0 Å². The molecule has 0 unspecified atom stereocenters. The fraction of sp³-hybridized carbons (Fsp3) is 0.368. The quantitative estimate of drug-likeness (QED) is 0.817. The molecule has 148 valence electrons. The molecule has 0 bridgehead atoms. The van der Waals surface area contributed by atoms with Crippen LogP contribution in [0.3, 0.4) is 0 Å². The fourth-order valence-corrected chi connectivity index (χ4v) is 2.90. The topological polar surface area (TPSA) is 106 Å². The average Bonchev–Trinajstić information content (AvgIpc) is 3.16. The Hall–Kier alpha value is -3.20. The average molecular weight is 385 g/mol. The Kier molecular flexibility index (Phi) is 6.05. The van der Waals surface area contributed by atoms with Gasteiger partial charge >= 0.3 is 6.03 Å². The van der Waals surface area contributed by atoms with Crippen LogP contribution in [0.4, 0.5) is 16.3 Å². The van der Waals surface area contributed by atoms with Gasteiger partial charge in [0, 0.05) is 38.4 Å². The summed E-state index contributed by atoms with van der Waals surface area (Å²) in [4.78, 5) is 33.5. The van der Waals surface area contributed by atoms with E-state index in [2.05, 4.69) is 20.6 Å². The van der Waals surface area contributed by atoms with Crippen molar-refractivity contribution in [1.82, 2.24) is 15.3 Å². The van der Waals surface area contributed by atoms with Gasteiger partial charge in [-0.15, -0.1) is 0 Å². The van der Waals surface area contributed by atoms with Crippen LogP contribution in [0.1, 0.15) is 25.0 Å². The zero-order valence-electron chi connectivity index (χ0n) is 16.0. The molecule has 9 heteroatoms. The number of amides is 3. The lowest BCUT2D eigenvalue weighted by Gasteiger charge is -2.20. The number of pyridine rings is 2. The van der Waals surface area contributed by atoms with E-state index in [4.69, 9.17) is 9.47 Å². The molecule has 2 aromatic heterocycles. The highest BCUT2D eigenvalue weighted by atomic mass is 16.5. The van der Waals surface area contributed by atoms with Gasteiger partial charge in [0.05, 0.1) is 25.0 Å². The third-order valence-corrected chi connectivity index (χ3v) is 4.53. The number of carbonyl (C=O) groups excluding carboxylic acids is 2. The number of rotatable bonds is 5. The first-order valence-corrected chi connectivity index (χ1v) is 8.87. The third kappa shape index (κ3) is 4.55. The highest BCUT2D eigenvalue weighted by Gasteiger charge is 2.31. The molecule has 0 aromatic carbocycles. The molecular formula is C19H23N5O4. The summed E-state index contributed by atoms with van der Waals surface area (Å²) in [5.74, 6) is 0.913. The van der Waals surface area contributed by atoms with Crippen molar-refractivity contribution in [2.24, 2.45) is 0 Å². The molecule has 0 saturated carbocycles. The monoisotopic (exact) mass is 385 g/mol. The highest BCUT2D eigenvalue weighted by molar-refractivity contribution is 5.91. The minimum Gasteiger partial charge on any atom is -0.481 e. The van der Waals surface area contributed by atoms with E-state index >= 15 is 0 Å². The lowest BCUT2D eigenvalue weighted by atomic mass is 10.0. The summed E-state index contributed by atoms with van der Waals surface area (Å²) < 4.78 is 10.8. The van der Waals surface area contributed by atoms with E-state index in [9.17, 15) is 9.59 Å². The molecular weight excluding hydrogens is 362 g/mol. The minimum absolute atomic E-state index is 0.119. The van der Waals surface area contributed by atoms with Gasteiger partial charge in [-0.25, -0.2) is 14.8 Å². The van der Waals surface area contributed by atoms with Gasteiger partial charge < -0.3 is 25.0 Å². The van der Waals surface area contributed by atoms with Crippen LogP contribution in [0.2, 0.25) is 0 Å². The van der Waals surface area contributed by atoms with Crippen molar-refractivity contribution in [3.05, 3.63) is 42.2 Å². The summed E-state index contributed by atoms with van der Waals surface area (Å²) in [6.45, 7) is 2.01. The molecule has 28 heavy (non-hydrogen) atoms. The van der Waals surface area contributed by atoms with E-state index in [1.165, 1.54) is 18.0 Å². The molecule has 0 aliphatic carbocycles. The van der Waals surface area contributed by atoms with Gasteiger partial charge in [0.25, 0.3) is 0 Å². The first kappa shape index (κ1) is 19.6. The van der Waals surface area contributed by atoms with Crippen molar-refractivity contribution in [3.63, 3.8) is 0 Å². The number of nitrogens with one attached hydrogen (secondary N) is 2. The molecule has 1 fully saturated rings. The molecule has 1 aliphatic heterocycles. The third-order valence-electron chi connectivity index (χ3n) is 4.53. The lowest BCUT2D eigenvalue weighted by molar-refractivity contribution is -0.116.